The van der Waals surface area contributed by atoms with Crippen molar-refractivity contribution >= 4 is 38.6 Å². The van der Waals surface area contributed by atoms with Crippen molar-refractivity contribution in [3.8, 4) is 0 Å². The number of hydrogen-bond acceptors (Lipinski definition) is 5. The summed E-state index contributed by atoms with van der Waals surface area (Å²) >= 11 is 4.80. The van der Waals surface area contributed by atoms with Crippen molar-refractivity contribution in [3.63, 3.8) is 0 Å². The molecular formula is C12H12BrN3O2S. The fourth-order valence-corrected chi connectivity index (χ4v) is 2.95. The number of aromatic nitrogens is 1. The van der Waals surface area contributed by atoms with E-state index in [0.29, 0.717) is 11.0 Å². The van der Waals surface area contributed by atoms with E-state index in [-0.39, 0.29) is 5.69 Å². The maximum absolute atomic E-state index is 10.8. The normalized spacial score (nSPS) is 10.5. The van der Waals surface area contributed by atoms with Crippen LogP contribution in [0.15, 0.2) is 22.7 Å². The van der Waals surface area contributed by atoms with Crippen molar-refractivity contribution in [1.29, 1.82) is 0 Å². The lowest BCUT2D eigenvalue weighted by molar-refractivity contribution is -0.385. The highest BCUT2D eigenvalue weighted by atomic mass is 79.9. The number of halogens is 1. The van der Waals surface area contributed by atoms with E-state index in [9.17, 15) is 10.1 Å². The molecule has 0 unspecified atom stereocenters. The van der Waals surface area contributed by atoms with Gasteiger partial charge in [0.1, 0.15) is 0 Å². The lowest BCUT2D eigenvalue weighted by atomic mass is 10.2. The van der Waals surface area contributed by atoms with Crippen molar-refractivity contribution < 1.29 is 4.92 Å². The van der Waals surface area contributed by atoms with E-state index in [2.05, 4.69) is 26.2 Å². The van der Waals surface area contributed by atoms with Gasteiger partial charge in [-0.1, -0.05) is 0 Å². The van der Waals surface area contributed by atoms with Crippen LogP contribution < -0.4 is 5.32 Å². The Morgan fingerprint density at radius 3 is 2.79 bits per heavy atom. The van der Waals surface area contributed by atoms with Gasteiger partial charge < -0.3 is 5.32 Å². The minimum Gasteiger partial charge on any atom is -0.380 e. The van der Waals surface area contributed by atoms with Gasteiger partial charge in [-0.3, -0.25) is 10.1 Å². The largest absolute Gasteiger partial charge is 0.380 e. The quantitative estimate of drug-likeness (QED) is 0.672. The molecule has 1 aromatic heterocycles. The zero-order chi connectivity index (χ0) is 14.0. The molecule has 1 N–H and O–H groups in total. The summed E-state index contributed by atoms with van der Waals surface area (Å²) in [6.07, 6.45) is 0. The van der Waals surface area contributed by atoms with Gasteiger partial charge in [-0.25, -0.2) is 4.98 Å². The van der Waals surface area contributed by atoms with Crippen molar-refractivity contribution in [3.05, 3.63) is 48.4 Å². The van der Waals surface area contributed by atoms with E-state index >= 15 is 0 Å². The highest BCUT2D eigenvalue weighted by molar-refractivity contribution is 9.10. The average molecular weight is 342 g/mol. The molecule has 0 aliphatic carbocycles. The first-order valence-electron chi connectivity index (χ1n) is 5.58. The summed E-state index contributed by atoms with van der Waals surface area (Å²) in [5.41, 5.74) is 1.78. The molecule has 0 aliphatic rings. The Kier molecular flexibility index (Phi) is 4.16. The van der Waals surface area contributed by atoms with Crippen LogP contribution in [0.5, 0.6) is 0 Å². The van der Waals surface area contributed by atoms with Crippen LogP contribution in [0.25, 0.3) is 0 Å². The van der Waals surface area contributed by atoms with Gasteiger partial charge in [0.2, 0.25) is 0 Å². The molecule has 100 valence electrons. The van der Waals surface area contributed by atoms with Crippen LogP contribution in [-0.4, -0.2) is 9.91 Å². The number of benzene rings is 1. The lowest BCUT2D eigenvalue weighted by Crippen LogP contribution is -2.00. The summed E-state index contributed by atoms with van der Waals surface area (Å²) in [5.74, 6) is 0. The predicted molar refractivity (Wildman–Crippen MR) is 79.7 cm³/mol. The Morgan fingerprint density at radius 1 is 1.47 bits per heavy atom. The third-order valence-corrected chi connectivity index (χ3v) is 4.34. The van der Waals surface area contributed by atoms with E-state index in [1.165, 1.54) is 6.07 Å². The first-order valence-corrected chi connectivity index (χ1v) is 7.19. The van der Waals surface area contributed by atoms with Gasteiger partial charge in [-0.05, 0) is 41.9 Å². The first-order chi connectivity index (χ1) is 8.97. The number of nitro groups is 1. The number of thiazole rings is 1. The van der Waals surface area contributed by atoms with Crippen molar-refractivity contribution in [1.82, 2.24) is 4.98 Å². The molecule has 1 heterocycles. The van der Waals surface area contributed by atoms with E-state index in [0.717, 1.165) is 21.3 Å². The van der Waals surface area contributed by atoms with E-state index < -0.39 is 4.92 Å². The Labute approximate surface area is 123 Å². The van der Waals surface area contributed by atoms with Crippen LogP contribution in [0.4, 0.5) is 11.4 Å². The SMILES string of the molecule is Cc1nc(C)c(CNc2ccc(Br)c([N+](=O)[O-])c2)s1. The van der Waals surface area contributed by atoms with Crippen LogP contribution in [0, 0.1) is 24.0 Å². The second kappa shape index (κ2) is 5.66. The molecule has 0 atom stereocenters. The van der Waals surface area contributed by atoms with E-state index in [4.69, 9.17) is 0 Å². The van der Waals surface area contributed by atoms with Crippen molar-refractivity contribution in [2.24, 2.45) is 0 Å². The van der Waals surface area contributed by atoms with Crippen LogP contribution in [-0.2, 0) is 6.54 Å². The molecule has 0 bridgehead atoms. The van der Waals surface area contributed by atoms with Crippen LogP contribution >= 0.6 is 27.3 Å². The van der Waals surface area contributed by atoms with Gasteiger partial charge in [-0.15, -0.1) is 11.3 Å². The summed E-state index contributed by atoms with van der Waals surface area (Å²) in [4.78, 5) is 15.9. The molecule has 7 heteroatoms. The summed E-state index contributed by atoms with van der Waals surface area (Å²) in [6.45, 7) is 4.55. The second-order valence-corrected chi connectivity index (χ2v) is 6.16. The Bertz CT molecular complexity index is 627. The smallest absolute Gasteiger partial charge is 0.285 e. The van der Waals surface area contributed by atoms with Crippen molar-refractivity contribution in [2.45, 2.75) is 20.4 Å². The standard InChI is InChI=1S/C12H12BrN3O2S/c1-7-12(19-8(2)15-7)6-14-9-3-4-10(13)11(5-9)16(17)18/h3-5,14H,6H2,1-2H3. The number of anilines is 1. The molecule has 0 saturated carbocycles. The first kappa shape index (κ1) is 14.0. The molecule has 0 amide bonds. The minimum absolute atomic E-state index is 0.0576. The zero-order valence-electron chi connectivity index (χ0n) is 10.4. The summed E-state index contributed by atoms with van der Waals surface area (Å²) < 4.78 is 0.480. The Hall–Kier alpha value is -1.47. The van der Waals surface area contributed by atoms with Gasteiger partial charge in [0, 0.05) is 16.6 Å². The number of nitro benzene ring substituents is 1. The number of hydrogen-bond donors (Lipinski definition) is 1. The maximum Gasteiger partial charge on any atom is 0.285 e. The van der Waals surface area contributed by atoms with Crippen LogP contribution in [0.1, 0.15) is 15.6 Å². The van der Waals surface area contributed by atoms with E-state index in [1.54, 1.807) is 23.5 Å². The zero-order valence-corrected chi connectivity index (χ0v) is 12.8. The molecule has 1 aromatic carbocycles. The van der Waals surface area contributed by atoms with Gasteiger partial charge in [0.25, 0.3) is 5.69 Å². The maximum atomic E-state index is 10.8. The van der Waals surface area contributed by atoms with Crippen LogP contribution in [0.3, 0.4) is 0 Å². The summed E-state index contributed by atoms with van der Waals surface area (Å²) in [6, 6.07) is 5.00. The topological polar surface area (TPSA) is 68.1 Å². The third-order valence-electron chi connectivity index (χ3n) is 2.60. The molecule has 0 saturated heterocycles. The summed E-state index contributed by atoms with van der Waals surface area (Å²) in [7, 11) is 0. The number of aryl methyl sites for hydroxylation is 2. The fraction of sp³-hybridized carbons (Fsp3) is 0.250. The van der Waals surface area contributed by atoms with E-state index in [1.807, 2.05) is 13.8 Å². The molecule has 0 aliphatic heterocycles. The van der Waals surface area contributed by atoms with Crippen LogP contribution in [0.2, 0.25) is 0 Å². The fourth-order valence-electron chi connectivity index (χ4n) is 1.68. The van der Waals surface area contributed by atoms with Gasteiger partial charge in [-0.2, -0.15) is 0 Å². The Morgan fingerprint density at radius 2 is 2.21 bits per heavy atom. The molecular weight excluding hydrogens is 330 g/mol. The molecule has 5 nitrogen and oxygen atoms in total. The van der Waals surface area contributed by atoms with Gasteiger partial charge >= 0.3 is 0 Å². The molecule has 19 heavy (non-hydrogen) atoms. The predicted octanol–water partition coefficient (Wildman–Crippen LogP) is 4.04. The number of rotatable bonds is 4. The Balaban J connectivity index is 2.14. The minimum atomic E-state index is -0.405. The molecule has 2 rings (SSSR count). The average Bonchev–Trinajstić information content (AvgIpc) is 2.66. The molecule has 0 radical (unpaired) electrons. The summed E-state index contributed by atoms with van der Waals surface area (Å²) in [5, 5.41) is 15.1. The molecule has 0 spiro atoms. The highest BCUT2D eigenvalue weighted by Gasteiger charge is 2.12. The molecule has 0 fully saturated rings. The third kappa shape index (κ3) is 3.30. The van der Waals surface area contributed by atoms with Gasteiger partial charge in [0.05, 0.1) is 26.6 Å². The van der Waals surface area contributed by atoms with Crippen molar-refractivity contribution in [2.75, 3.05) is 5.32 Å². The number of nitrogens with one attached hydrogen (secondary N) is 1. The lowest BCUT2D eigenvalue weighted by Gasteiger charge is -2.05. The molecule has 2 aromatic rings. The van der Waals surface area contributed by atoms with Gasteiger partial charge in [0.15, 0.2) is 0 Å². The second-order valence-electron chi connectivity index (χ2n) is 4.02. The highest BCUT2D eigenvalue weighted by Crippen LogP contribution is 2.28. The number of nitrogens with zero attached hydrogens (tertiary/aromatic N) is 2. The monoisotopic (exact) mass is 341 g/mol.